The molecule has 0 bridgehead atoms. The highest BCUT2D eigenvalue weighted by Gasteiger charge is 2.27. The topological polar surface area (TPSA) is 72.0 Å². The molecule has 1 aliphatic heterocycles. The molecule has 0 N–H and O–H groups in total. The normalized spacial score (nSPS) is 15.0. The van der Waals surface area contributed by atoms with E-state index in [1.165, 1.54) is 6.20 Å². The minimum atomic E-state index is -0.622. The molecule has 3 rings (SSSR count). The van der Waals surface area contributed by atoms with Gasteiger partial charge >= 0.3 is 5.97 Å². The van der Waals surface area contributed by atoms with Gasteiger partial charge in [0.25, 0.3) is 5.91 Å². The van der Waals surface area contributed by atoms with E-state index in [0.717, 1.165) is 5.82 Å². The summed E-state index contributed by atoms with van der Waals surface area (Å²) in [6, 6.07) is 10.6. The maximum absolute atomic E-state index is 12.7. The van der Waals surface area contributed by atoms with Gasteiger partial charge in [0.1, 0.15) is 11.6 Å². The van der Waals surface area contributed by atoms with E-state index in [4.69, 9.17) is 21.1 Å². The Labute approximate surface area is 175 Å². The summed E-state index contributed by atoms with van der Waals surface area (Å²) >= 11 is 6.10. The van der Waals surface area contributed by atoms with Crippen molar-refractivity contribution in [1.29, 1.82) is 0 Å². The Balaban J connectivity index is 1.54. The van der Waals surface area contributed by atoms with E-state index in [0.29, 0.717) is 49.1 Å². The number of ether oxygens (including phenoxy) is 2. The number of rotatable bonds is 6. The van der Waals surface area contributed by atoms with Crippen molar-refractivity contribution in [3.8, 4) is 5.75 Å². The molecule has 1 saturated heterocycles. The third kappa shape index (κ3) is 5.17. The fourth-order valence-corrected chi connectivity index (χ4v) is 3.28. The molecular weight excluding hydrogens is 394 g/mol. The van der Waals surface area contributed by atoms with Crippen molar-refractivity contribution in [2.75, 3.05) is 37.7 Å². The van der Waals surface area contributed by atoms with Gasteiger partial charge in [0.15, 0.2) is 6.10 Å². The van der Waals surface area contributed by atoms with Crippen molar-refractivity contribution in [3.63, 3.8) is 0 Å². The van der Waals surface area contributed by atoms with Crippen LogP contribution in [0.1, 0.15) is 24.2 Å². The second-order valence-corrected chi connectivity index (χ2v) is 7.04. The minimum absolute atomic E-state index is 0.0739. The fourth-order valence-electron chi connectivity index (χ4n) is 3.10. The van der Waals surface area contributed by atoms with E-state index in [9.17, 15) is 9.59 Å². The largest absolute Gasteiger partial charge is 0.479 e. The van der Waals surface area contributed by atoms with Crippen LogP contribution in [-0.2, 0) is 9.53 Å². The van der Waals surface area contributed by atoms with E-state index in [1.54, 1.807) is 43.0 Å². The Hall–Kier alpha value is -2.80. The van der Waals surface area contributed by atoms with Crippen LogP contribution in [0.25, 0.3) is 0 Å². The van der Waals surface area contributed by atoms with Crippen LogP contribution in [-0.4, -0.2) is 60.7 Å². The summed E-state index contributed by atoms with van der Waals surface area (Å²) in [4.78, 5) is 32.7. The highest BCUT2D eigenvalue weighted by molar-refractivity contribution is 6.32. The van der Waals surface area contributed by atoms with Gasteiger partial charge in [0.05, 0.1) is 17.2 Å². The number of carbonyl (C=O) groups excluding carboxylic acids is 2. The lowest BCUT2D eigenvalue weighted by Gasteiger charge is -2.36. The number of hydrogen-bond donors (Lipinski definition) is 0. The van der Waals surface area contributed by atoms with Crippen molar-refractivity contribution in [2.24, 2.45) is 0 Å². The van der Waals surface area contributed by atoms with Gasteiger partial charge in [-0.15, -0.1) is 0 Å². The van der Waals surface area contributed by atoms with Crippen molar-refractivity contribution in [2.45, 2.75) is 20.0 Å². The molecule has 0 saturated carbocycles. The third-order valence-electron chi connectivity index (χ3n) is 4.66. The first kappa shape index (κ1) is 20.9. The van der Waals surface area contributed by atoms with Crippen LogP contribution in [0.3, 0.4) is 0 Å². The number of nitrogens with zero attached hydrogens (tertiary/aromatic N) is 3. The lowest BCUT2D eigenvalue weighted by molar-refractivity contribution is -0.138. The zero-order chi connectivity index (χ0) is 20.8. The predicted molar refractivity (Wildman–Crippen MR) is 111 cm³/mol. The molecule has 1 aliphatic rings. The molecule has 29 heavy (non-hydrogen) atoms. The average Bonchev–Trinajstić information content (AvgIpc) is 2.75. The maximum atomic E-state index is 12.7. The number of anilines is 1. The van der Waals surface area contributed by atoms with Crippen LogP contribution in [0.15, 0.2) is 42.6 Å². The van der Waals surface area contributed by atoms with Gasteiger partial charge in [-0.2, -0.15) is 0 Å². The minimum Gasteiger partial charge on any atom is -0.479 e. The van der Waals surface area contributed by atoms with Crippen LogP contribution in [0.4, 0.5) is 5.82 Å². The van der Waals surface area contributed by atoms with Gasteiger partial charge in [0, 0.05) is 32.4 Å². The van der Waals surface area contributed by atoms with Crippen molar-refractivity contribution in [3.05, 3.63) is 53.2 Å². The van der Waals surface area contributed by atoms with Crippen LogP contribution < -0.4 is 9.64 Å². The van der Waals surface area contributed by atoms with Gasteiger partial charge in [0.2, 0.25) is 0 Å². The summed E-state index contributed by atoms with van der Waals surface area (Å²) in [6.07, 6.45) is 0.896. The SMILES string of the molecule is CCOC(=O)c1ccc(N2CCN(C(=O)C(C)Oc3ccccc3Cl)CC2)nc1. The van der Waals surface area contributed by atoms with Crippen LogP contribution in [0, 0.1) is 0 Å². The number of piperazine rings is 1. The summed E-state index contributed by atoms with van der Waals surface area (Å²) in [6.45, 7) is 6.25. The standard InChI is InChI=1S/C21H24ClN3O4/c1-3-28-21(27)16-8-9-19(23-14-16)24-10-12-25(13-11-24)20(26)15(2)29-18-7-5-4-6-17(18)22/h4-9,14-15H,3,10-13H2,1-2H3. The van der Waals surface area contributed by atoms with Crippen molar-refractivity contribution in [1.82, 2.24) is 9.88 Å². The van der Waals surface area contributed by atoms with E-state index >= 15 is 0 Å². The second-order valence-electron chi connectivity index (χ2n) is 6.63. The van der Waals surface area contributed by atoms with Gasteiger partial charge in [-0.1, -0.05) is 23.7 Å². The number of aromatic nitrogens is 1. The van der Waals surface area contributed by atoms with Gasteiger partial charge in [-0.05, 0) is 38.1 Å². The van der Waals surface area contributed by atoms with Crippen LogP contribution >= 0.6 is 11.6 Å². The Kier molecular flexibility index (Phi) is 6.93. The number of hydrogen-bond acceptors (Lipinski definition) is 6. The molecule has 0 aliphatic carbocycles. The molecule has 1 unspecified atom stereocenters. The molecule has 154 valence electrons. The highest BCUT2D eigenvalue weighted by Crippen LogP contribution is 2.25. The molecule has 1 aromatic heterocycles. The number of carbonyl (C=O) groups is 2. The molecule has 2 aromatic rings. The van der Waals surface area contributed by atoms with Crippen molar-refractivity contribution >= 4 is 29.3 Å². The number of esters is 1. The zero-order valence-electron chi connectivity index (χ0n) is 16.5. The Morgan fingerprint density at radius 2 is 1.86 bits per heavy atom. The smallest absolute Gasteiger partial charge is 0.339 e. The summed E-state index contributed by atoms with van der Waals surface area (Å²) < 4.78 is 10.7. The number of halogens is 1. The maximum Gasteiger partial charge on any atom is 0.339 e. The molecule has 1 fully saturated rings. The number of benzene rings is 1. The Bertz CT molecular complexity index is 851. The molecule has 1 amide bonds. The van der Waals surface area contributed by atoms with E-state index < -0.39 is 6.10 Å². The first-order valence-corrected chi connectivity index (χ1v) is 9.95. The number of amides is 1. The summed E-state index contributed by atoms with van der Waals surface area (Å²) in [5.74, 6) is 0.815. The van der Waals surface area contributed by atoms with Gasteiger partial charge < -0.3 is 19.3 Å². The Morgan fingerprint density at radius 3 is 2.48 bits per heavy atom. The monoisotopic (exact) mass is 417 g/mol. The molecular formula is C21H24ClN3O4. The highest BCUT2D eigenvalue weighted by atomic mass is 35.5. The lowest BCUT2D eigenvalue weighted by Crippen LogP contribution is -2.52. The molecule has 0 spiro atoms. The van der Waals surface area contributed by atoms with E-state index in [-0.39, 0.29) is 11.9 Å². The van der Waals surface area contributed by atoms with Crippen LogP contribution in [0.5, 0.6) is 5.75 Å². The Morgan fingerprint density at radius 1 is 1.14 bits per heavy atom. The van der Waals surface area contributed by atoms with E-state index in [1.807, 2.05) is 12.1 Å². The number of pyridine rings is 1. The molecule has 7 nitrogen and oxygen atoms in total. The first-order valence-electron chi connectivity index (χ1n) is 9.57. The fraction of sp³-hybridized carbons (Fsp3) is 0.381. The summed E-state index contributed by atoms with van der Waals surface area (Å²) in [5, 5.41) is 0.481. The zero-order valence-corrected chi connectivity index (χ0v) is 17.3. The lowest BCUT2D eigenvalue weighted by atomic mass is 10.2. The summed E-state index contributed by atoms with van der Waals surface area (Å²) in [7, 11) is 0. The first-order chi connectivity index (χ1) is 14.0. The summed E-state index contributed by atoms with van der Waals surface area (Å²) in [5.41, 5.74) is 0.426. The molecule has 1 atom stereocenters. The van der Waals surface area contributed by atoms with Crippen molar-refractivity contribution < 1.29 is 19.1 Å². The quantitative estimate of drug-likeness (QED) is 0.673. The average molecular weight is 418 g/mol. The van der Waals surface area contributed by atoms with Gasteiger partial charge in [-0.25, -0.2) is 9.78 Å². The second kappa shape index (κ2) is 9.60. The predicted octanol–water partition coefficient (Wildman–Crippen LogP) is 3.03. The molecule has 0 radical (unpaired) electrons. The molecule has 1 aromatic carbocycles. The van der Waals surface area contributed by atoms with E-state index in [2.05, 4.69) is 9.88 Å². The van der Waals surface area contributed by atoms with Crippen LogP contribution in [0.2, 0.25) is 5.02 Å². The molecule has 2 heterocycles. The number of para-hydroxylation sites is 1. The third-order valence-corrected chi connectivity index (χ3v) is 4.97. The van der Waals surface area contributed by atoms with Gasteiger partial charge in [-0.3, -0.25) is 4.79 Å². The molecule has 8 heteroatoms.